The minimum absolute atomic E-state index is 0.0392. The summed E-state index contributed by atoms with van der Waals surface area (Å²) in [6.07, 6.45) is 4.70. The lowest BCUT2D eigenvalue weighted by molar-refractivity contribution is -0.121. The van der Waals surface area contributed by atoms with E-state index in [1.807, 2.05) is 31.2 Å². The third kappa shape index (κ3) is 5.61. The molecule has 0 bridgehead atoms. The summed E-state index contributed by atoms with van der Waals surface area (Å²) >= 11 is 0. The average Bonchev–Trinajstić information content (AvgIpc) is 2.46. The van der Waals surface area contributed by atoms with Crippen molar-refractivity contribution in [3.63, 3.8) is 0 Å². The van der Waals surface area contributed by atoms with Crippen LogP contribution >= 0.6 is 0 Å². The highest BCUT2D eigenvalue weighted by Gasteiger charge is 2.13. The summed E-state index contributed by atoms with van der Waals surface area (Å²) in [6, 6.07) is 7.72. The minimum Gasteiger partial charge on any atom is -0.496 e. The van der Waals surface area contributed by atoms with Crippen LogP contribution in [-0.4, -0.2) is 19.6 Å². The van der Waals surface area contributed by atoms with E-state index in [9.17, 15) is 4.79 Å². The molecule has 4 nitrogen and oxygen atoms in total. The topological polar surface area (TPSA) is 64.3 Å². The van der Waals surface area contributed by atoms with E-state index in [0.29, 0.717) is 6.42 Å². The number of para-hydroxylation sites is 1. The average molecular weight is 278 g/mol. The Morgan fingerprint density at radius 3 is 2.65 bits per heavy atom. The van der Waals surface area contributed by atoms with Crippen molar-refractivity contribution in [2.75, 3.05) is 13.7 Å². The molecular weight excluding hydrogens is 252 g/mol. The number of carbonyl (C=O) groups excluding carboxylic acids is 1. The van der Waals surface area contributed by atoms with Crippen molar-refractivity contribution in [3.8, 4) is 5.75 Å². The van der Waals surface area contributed by atoms with Gasteiger partial charge in [0.05, 0.1) is 13.2 Å². The van der Waals surface area contributed by atoms with Crippen LogP contribution in [0.4, 0.5) is 0 Å². The second-order valence-electron chi connectivity index (χ2n) is 4.98. The number of rotatable bonds is 9. The van der Waals surface area contributed by atoms with Gasteiger partial charge in [0.15, 0.2) is 0 Å². The molecule has 0 spiro atoms. The van der Waals surface area contributed by atoms with Gasteiger partial charge in [-0.25, -0.2) is 0 Å². The van der Waals surface area contributed by atoms with Crippen LogP contribution in [0.2, 0.25) is 0 Å². The summed E-state index contributed by atoms with van der Waals surface area (Å²) < 4.78 is 5.31. The molecule has 1 atom stereocenters. The molecule has 0 aliphatic carbocycles. The first-order chi connectivity index (χ1) is 9.69. The van der Waals surface area contributed by atoms with E-state index >= 15 is 0 Å². The molecule has 1 rings (SSSR count). The number of hydrogen-bond acceptors (Lipinski definition) is 3. The van der Waals surface area contributed by atoms with E-state index in [0.717, 1.165) is 43.5 Å². The highest BCUT2D eigenvalue weighted by Crippen LogP contribution is 2.24. The Morgan fingerprint density at radius 1 is 1.25 bits per heavy atom. The number of amides is 1. The standard InChI is InChI=1S/C16H26N2O2/c1-13(14-9-6-7-10-15(14)20-2)18-16(19)11-5-3-4-8-12-17/h6-7,9-10,13H,3-5,8,11-12,17H2,1-2H3,(H,18,19)/t13-/m0/s1. The zero-order valence-electron chi connectivity index (χ0n) is 12.5. The van der Waals surface area contributed by atoms with Crippen LogP contribution in [0.3, 0.4) is 0 Å². The van der Waals surface area contributed by atoms with Crippen molar-refractivity contribution < 1.29 is 9.53 Å². The lowest BCUT2D eigenvalue weighted by Gasteiger charge is -2.17. The molecule has 1 amide bonds. The van der Waals surface area contributed by atoms with E-state index in [-0.39, 0.29) is 11.9 Å². The number of ether oxygens (including phenoxy) is 1. The van der Waals surface area contributed by atoms with E-state index in [4.69, 9.17) is 10.5 Å². The Bertz CT molecular complexity index is 407. The van der Waals surface area contributed by atoms with Gasteiger partial charge in [0.2, 0.25) is 5.91 Å². The molecule has 0 saturated carbocycles. The summed E-state index contributed by atoms with van der Waals surface area (Å²) in [4.78, 5) is 11.9. The molecule has 0 saturated heterocycles. The number of nitrogens with one attached hydrogen (secondary N) is 1. The van der Waals surface area contributed by atoms with Gasteiger partial charge in [-0.05, 0) is 32.4 Å². The van der Waals surface area contributed by atoms with E-state index < -0.39 is 0 Å². The normalized spacial score (nSPS) is 11.9. The molecule has 0 fully saturated rings. The summed E-state index contributed by atoms with van der Waals surface area (Å²) in [5, 5.41) is 3.02. The number of carbonyl (C=O) groups is 1. The van der Waals surface area contributed by atoms with Crippen molar-refractivity contribution in [3.05, 3.63) is 29.8 Å². The maximum atomic E-state index is 11.9. The molecule has 1 aromatic rings. The van der Waals surface area contributed by atoms with Crippen LogP contribution in [0.1, 0.15) is 50.6 Å². The van der Waals surface area contributed by atoms with Gasteiger partial charge in [-0.1, -0.05) is 31.0 Å². The highest BCUT2D eigenvalue weighted by atomic mass is 16.5. The van der Waals surface area contributed by atoms with Crippen LogP contribution in [0.15, 0.2) is 24.3 Å². The highest BCUT2D eigenvalue weighted by molar-refractivity contribution is 5.76. The van der Waals surface area contributed by atoms with E-state index in [2.05, 4.69) is 5.32 Å². The lowest BCUT2D eigenvalue weighted by atomic mass is 10.1. The number of hydrogen-bond donors (Lipinski definition) is 2. The fraction of sp³-hybridized carbons (Fsp3) is 0.562. The molecule has 0 aliphatic rings. The Labute approximate surface area is 121 Å². The van der Waals surface area contributed by atoms with Crippen molar-refractivity contribution in [2.24, 2.45) is 5.73 Å². The maximum Gasteiger partial charge on any atom is 0.220 e. The minimum atomic E-state index is -0.0392. The van der Waals surface area contributed by atoms with E-state index in [1.165, 1.54) is 0 Å². The summed E-state index contributed by atoms with van der Waals surface area (Å²) in [5.74, 6) is 0.902. The fourth-order valence-electron chi connectivity index (χ4n) is 2.20. The molecule has 0 unspecified atom stereocenters. The second kappa shape index (κ2) is 9.37. The molecule has 0 radical (unpaired) electrons. The molecule has 0 heterocycles. The third-order valence-electron chi connectivity index (χ3n) is 3.34. The zero-order chi connectivity index (χ0) is 14.8. The van der Waals surface area contributed by atoms with Gasteiger partial charge < -0.3 is 15.8 Å². The van der Waals surface area contributed by atoms with Crippen molar-refractivity contribution in [2.45, 2.75) is 45.1 Å². The van der Waals surface area contributed by atoms with Gasteiger partial charge in [-0.15, -0.1) is 0 Å². The molecule has 0 aliphatic heterocycles. The monoisotopic (exact) mass is 278 g/mol. The molecule has 4 heteroatoms. The SMILES string of the molecule is COc1ccccc1[C@H](C)NC(=O)CCCCCCN. The molecule has 1 aromatic carbocycles. The van der Waals surface area contributed by atoms with Gasteiger partial charge in [-0.2, -0.15) is 0 Å². The van der Waals surface area contributed by atoms with Gasteiger partial charge in [0.25, 0.3) is 0 Å². The van der Waals surface area contributed by atoms with Crippen LogP contribution in [0.5, 0.6) is 5.75 Å². The molecule has 0 aromatic heterocycles. The van der Waals surface area contributed by atoms with Crippen LogP contribution in [0.25, 0.3) is 0 Å². The molecular formula is C16H26N2O2. The first kappa shape index (κ1) is 16.5. The summed E-state index contributed by atoms with van der Waals surface area (Å²) in [6.45, 7) is 2.71. The first-order valence-corrected chi connectivity index (χ1v) is 7.31. The predicted molar refractivity (Wildman–Crippen MR) is 81.7 cm³/mol. The van der Waals surface area contributed by atoms with Crippen LogP contribution in [-0.2, 0) is 4.79 Å². The molecule has 20 heavy (non-hydrogen) atoms. The maximum absolute atomic E-state index is 11.9. The predicted octanol–water partition coefficient (Wildman–Crippen LogP) is 2.78. The fourth-order valence-corrected chi connectivity index (χ4v) is 2.20. The lowest BCUT2D eigenvalue weighted by Crippen LogP contribution is -2.26. The van der Waals surface area contributed by atoms with Crippen molar-refractivity contribution >= 4 is 5.91 Å². The number of unbranched alkanes of at least 4 members (excludes halogenated alkanes) is 3. The Morgan fingerprint density at radius 2 is 1.95 bits per heavy atom. The zero-order valence-corrected chi connectivity index (χ0v) is 12.5. The summed E-state index contributed by atoms with van der Waals surface area (Å²) in [5.41, 5.74) is 6.44. The van der Waals surface area contributed by atoms with E-state index in [1.54, 1.807) is 7.11 Å². The number of methoxy groups -OCH3 is 1. The second-order valence-corrected chi connectivity index (χ2v) is 4.98. The number of benzene rings is 1. The van der Waals surface area contributed by atoms with Crippen LogP contribution < -0.4 is 15.8 Å². The van der Waals surface area contributed by atoms with Gasteiger partial charge >= 0.3 is 0 Å². The summed E-state index contributed by atoms with van der Waals surface area (Å²) in [7, 11) is 1.64. The first-order valence-electron chi connectivity index (χ1n) is 7.31. The van der Waals surface area contributed by atoms with Gasteiger partial charge in [-0.3, -0.25) is 4.79 Å². The largest absolute Gasteiger partial charge is 0.496 e. The molecule has 112 valence electrons. The smallest absolute Gasteiger partial charge is 0.220 e. The Hall–Kier alpha value is -1.55. The number of nitrogens with two attached hydrogens (primary N) is 1. The third-order valence-corrected chi connectivity index (χ3v) is 3.34. The van der Waals surface area contributed by atoms with Crippen molar-refractivity contribution in [1.29, 1.82) is 0 Å². The Kier molecular flexibility index (Phi) is 7.73. The van der Waals surface area contributed by atoms with Crippen molar-refractivity contribution in [1.82, 2.24) is 5.32 Å². The van der Waals surface area contributed by atoms with Crippen LogP contribution in [0, 0.1) is 0 Å². The molecule has 3 N–H and O–H groups in total. The van der Waals surface area contributed by atoms with Gasteiger partial charge in [0, 0.05) is 12.0 Å². The van der Waals surface area contributed by atoms with Gasteiger partial charge in [0.1, 0.15) is 5.75 Å². The quantitative estimate of drug-likeness (QED) is 0.683. The Balaban J connectivity index is 2.37.